The van der Waals surface area contributed by atoms with Gasteiger partial charge in [0.05, 0.1) is 16.1 Å². The number of rotatable bonds is 5. The van der Waals surface area contributed by atoms with Crippen LogP contribution in [0.2, 0.25) is 5.02 Å². The zero-order chi connectivity index (χ0) is 22.9. The van der Waals surface area contributed by atoms with E-state index in [-0.39, 0.29) is 16.6 Å². The Hall–Kier alpha value is -2.33. The molecular formula is C21H20BrClF3N5O. The van der Waals surface area contributed by atoms with Crippen molar-refractivity contribution in [1.29, 1.82) is 0 Å². The number of nitrogens with one attached hydrogen (secondary N) is 2. The molecule has 2 N–H and O–H groups in total. The molecule has 6 nitrogen and oxygen atoms in total. The molecule has 0 unspecified atom stereocenters. The number of alkyl halides is 3. The Bertz CT molecular complexity index is 1130. The van der Waals surface area contributed by atoms with Crippen molar-refractivity contribution < 1.29 is 18.0 Å². The summed E-state index contributed by atoms with van der Waals surface area (Å²) in [6.07, 6.45) is 0.510. The van der Waals surface area contributed by atoms with E-state index in [0.29, 0.717) is 18.4 Å². The van der Waals surface area contributed by atoms with Gasteiger partial charge in [0, 0.05) is 23.3 Å². The third-order valence-electron chi connectivity index (χ3n) is 5.56. The molecule has 11 heteroatoms. The standard InChI is InChI=1S/C21H20BrClF3N5O/c22-14-4-8-18-29-20(30-31(18)11-14)27-10-12-1-5-15(6-2-12)28-19(32)16-9-13(21(24,25)26)3-7-17(16)23/h3-4,7-9,11-12,15H,1-2,5-6,10H2,(H,27,30)(H,28,32)/t12-,15-. The SMILES string of the molecule is O=C(N[C@H]1CC[C@H](CNc2nc3ccc(Br)cn3n2)CC1)c1cc(C(F)(F)F)ccc1Cl. The summed E-state index contributed by atoms with van der Waals surface area (Å²) in [5.41, 5.74) is -0.306. The Kier molecular flexibility index (Phi) is 6.62. The highest BCUT2D eigenvalue weighted by molar-refractivity contribution is 9.10. The van der Waals surface area contributed by atoms with E-state index in [1.165, 1.54) is 0 Å². The van der Waals surface area contributed by atoms with E-state index >= 15 is 0 Å². The van der Waals surface area contributed by atoms with Gasteiger partial charge in [-0.2, -0.15) is 18.2 Å². The second kappa shape index (κ2) is 9.27. The quantitative estimate of drug-likeness (QED) is 0.453. The Morgan fingerprint density at radius 1 is 1.19 bits per heavy atom. The minimum Gasteiger partial charge on any atom is -0.353 e. The maximum atomic E-state index is 12.9. The number of hydrogen-bond acceptors (Lipinski definition) is 4. The van der Waals surface area contributed by atoms with Crippen LogP contribution in [0, 0.1) is 5.92 Å². The molecule has 4 rings (SSSR count). The van der Waals surface area contributed by atoms with Crippen LogP contribution in [0.15, 0.2) is 41.0 Å². The van der Waals surface area contributed by atoms with Crippen LogP contribution >= 0.6 is 27.5 Å². The minimum atomic E-state index is -4.53. The normalized spacial score (nSPS) is 19.2. The summed E-state index contributed by atoms with van der Waals surface area (Å²) in [4.78, 5) is 16.9. The lowest BCUT2D eigenvalue weighted by atomic mass is 9.86. The topological polar surface area (TPSA) is 71.3 Å². The van der Waals surface area contributed by atoms with Gasteiger partial charge in [-0.25, -0.2) is 4.52 Å². The maximum absolute atomic E-state index is 12.9. The summed E-state index contributed by atoms with van der Waals surface area (Å²) < 4.78 is 41.4. The van der Waals surface area contributed by atoms with Crippen molar-refractivity contribution in [3.63, 3.8) is 0 Å². The molecule has 2 aromatic heterocycles. The smallest absolute Gasteiger partial charge is 0.353 e. The Morgan fingerprint density at radius 3 is 2.66 bits per heavy atom. The van der Waals surface area contributed by atoms with Crippen LogP contribution < -0.4 is 10.6 Å². The predicted molar refractivity (Wildman–Crippen MR) is 119 cm³/mol. The summed E-state index contributed by atoms with van der Waals surface area (Å²) in [6, 6.07) is 6.44. The summed E-state index contributed by atoms with van der Waals surface area (Å²) in [7, 11) is 0. The molecule has 1 aliphatic carbocycles. The second-order valence-electron chi connectivity index (χ2n) is 7.85. The molecule has 0 atom stereocenters. The van der Waals surface area contributed by atoms with Gasteiger partial charge in [0.1, 0.15) is 0 Å². The van der Waals surface area contributed by atoms with Crippen LogP contribution in [0.25, 0.3) is 5.65 Å². The third kappa shape index (κ3) is 5.35. The summed E-state index contributed by atoms with van der Waals surface area (Å²) in [6.45, 7) is 0.707. The summed E-state index contributed by atoms with van der Waals surface area (Å²) in [5.74, 6) is 0.360. The summed E-state index contributed by atoms with van der Waals surface area (Å²) >= 11 is 9.37. The van der Waals surface area contributed by atoms with Crippen LogP contribution in [0.5, 0.6) is 0 Å². The number of pyridine rings is 1. The number of benzene rings is 1. The van der Waals surface area contributed by atoms with E-state index in [9.17, 15) is 18.0 Å². The molecule has 170 valence electrons. The molecule has 0 aliphatic heterocycles. The van der Waals surface area contributed by atoms with E-state index in [0.717, 1.165) is 54.0 Å². The fraction of sp³-hybridized carbons (Fsp3) is 0.381. The first-order valence-corrected chi connectivity index (χ1v) is 11.3. The van der Waals surface area contributed by atoms with Gasteiger partial charge < -0.3 is 10.6 Å². The van der Waals surface area contributed by atoms with Gasteiger partial charge >= 0.3 is 6.18 Å². The van der Waals surface area contributed by atoms with Crippen molar-refractivity contribution in [2.45, 2.75) is 37.9 Å². The van der Waals surface area contributed by atoms with Crippen LogP contribution in [0.1, 0.15) is 41.6 Å². The predicted octanol–water partition coefficient (Wildman–Crippen LogP) is 5.56. The number of carbonyl (C=O) groups excluding carboxylic acids is 1. The molecule has 0 spiro atoms. The van der Waals surface area contributed by atoms with Crippen molar-refractivity contribution in [1.82, 2.24) is 19.9 Å². The highest BCUT2D eigenvalue weighted by atomic mass is 79.9. The average molecular weight is 531 g/mol. The Morgan fingerprint density at radius 2 is 1.94 bits per heavy atom. The van der Waals surface area contributed by atoms with Crippen molar-refractivity contribution in [2.75, 3.05) is 11.9 Å². The van der Waals surface area contributed by atoms with Gasteiger partial charge in [-0.3, -0.25) is 4.79 Å². The number of fused-ring (bicyclic) bond motifs is 1. The van der Waals surface area contributed by atoms with E-state index in [1.807, 2.05) is 18.3 Å². The molecule has 32 heavy (non-hydrogen) atoms. The first-order chi connectivity index (χ1) is 15.2. The van der Waals surface area contributed by atoms with Crippen molar-refractivity contribution >= 4 is 45.0 Å². The highest BCUT2D eigenvalue weighted by Crippen LogP contribution is 2.32. The minimum absolute atomic E-state index is 0.000343. The highest BCUT2D eigenvalue weighted by Gasteiger charge is 2.32. The zero-order valence-corrected chi connectivity index (χ0v) is 19.1. The molecular weight excluding hydrogens is 511 g/mol. The van der Waals surface area contributed by atoms with E-state index in [1.54, 1.807) is 4.52 Å². The number of aromatic nitrogens is 3. The molecule has 1 aliphatic rings. The van der Waals surface area contributed by atoms with Gasteiger partial charge in [0.15, 0.2) is 5.65 Å². The monoisotopic (exact) mass is 529 g/mol. The molecule has 0 radical (unpaired) electrons. The third-order valence-corrected chi connectivity index (χ3v) is 6.36. The molecule has 0 saturated heterocycles. The number of amides is 1. The number of anilines is 1. The van der Waals surface area contributed by atoms with E-state index in [2.05, 4.69) is 36.6 Å². The zero-order valence-electron chi connectivity index (χ0n) is 16.8. The first kappa shape index (κ1) is 22.8. The molecule has 1 saturated carbocycles. The molecule has 1 amide bonds. The van der Waals surface area contributed by atoms with Crippen molar-refractivity contribution in [2.24, 2.45) is 5.92 Å². The lowest BCUT2D eigenvalue weighted by Gasteiger charge is -2.29. The van der Waals surface area contributed by atoms with Gasteiger partial charge in [-0.05, 0) is 77.9 Å². The Labute approximate surface area is 195 Å². The van der Waals surface area contributed by atoms with Gasteiger partial charge in [-0.15, -0.1) is 5.10 Å². The van der Waals surface area contributed by atoms with Crippen molar-refractivity contribution in [3.8, 4) is 0 Å². The maximum Gasteiger partial charge on any atom is 0.416 e. The molecule has 3 aromatic rings. The summed E-state index contributed by atoms with van der Waals surface area (Å²) in [5, 5.41) is 10.5. The fourth-order valence-electron chi connectivity index (χ4n) is 3.82. The average Bonchev–Trinajstić information content (AvgIpc) is 3.14. The fourth-order valence-corrected chi connectivity index (χ4v) is 4.35. The van der Waals surface area contributed by atoms with Gasteiger partial charge in [0.2, 0.25) is 5.95 Å². The van der Waals surface area contributed by atoms with Crippen LogP contribution in [-0.4, -0.2) is 33.1 Å². The molecule has 2 heterocycles. The van der Waals surface area contributed by atoms with Gasteiger partial charge in [0.25, 0.3) is 5.91 Å². The second-order valence-corrected chi connectivity index (χ2v) is 9.17. The molecule has 0 bridgehead atoms. The van der Waals surface area contributed by atoms with E-state index < -0.39 is 17.6 Å². The first-order valence-electron chi connectivity index (χ1n) is 10.1. The van der Waals surface area contributed by atoms with E-state index in [4.69, 9.17) is 11.6 Å². The lowest BCUT2D eigenvalue weighted by molar-refractivity contribution is -0.137. The lowest BCUT2D eigenvalue weighted by Crippen LogP contribution is -2.38. The van der Waals surface area contributed by atoms with Crippen LogP contribution in [-0.2, 0) is 6.18 Å². The molecule has 1 fully saturated rings. The number of nitrogens with zero attached hydrogens (tertiary/aromatic N) is 3. The van der Waals surface area contributed by atoms with Crippen LogP contribution in [0.3, 0.4) is 0 Å². The number of carbonyl (C=O) groups is 1. The van der Waals surface area contributed by atoms with Gasteiger partial charge in [-0.1, -0.05) is 11.6 Å². The number of halogens is 5. The van der Waals surface area contributed by atoms with Crippen molar-refractivity contribution in [3.05, 3.63) is 57.2 Å². The molecule has 1 aromatic carbocycles. The van der Waals surface area contributed by atoms with Crippen LogP contribution in [0.4, 0.5) is 19.1 Å². The largest absolute Gasteiger partial charge is 0.416 e. The Balaban J connectivity index is 1.28. The number of hydrogen-bond donors (Lipinski definition) is 2.